The highest BCUT2D eigenvalue weighted by molar-refractivity contribution is 5.72. The molecule has 0 fully saturated rings. The highest BCUT2D eigenvalue weighted by Gasteiger charge is 1.92. The number of nitrogens with one attached hydrogen (secondary N) is 3. The third-order valence-corrected chi connectivity index (χ3v) is 3.51. The summed E-state index contributed by atoms with van der Waals surface area (Å²) in [6.07, 6.45) is 13.3. The summed E-state index contributed by atoms with van der Waals surface area (Å²) in [4.78, 5) is 36.3. The Kier molecular flexibility index (Phi) is 4.69. The number of imidazole rings is 3. The number of aromatic nitrogens is 10. The zero-order chi connectivity index (χ0) is 18.3. The van der Waals surface area contributed by atoms with Gasteiger partial charge in [-0.25, -0.2) is 29.9 Å². The number of rotatable bonds is 0. The van der Waals surface area contributed by atoms with E-state index in [0.29, 0.717) is 5.65 Å². The second-order valence-electron chi connectivity index (χ2n) is 5.24. The number of hydrogen-bond acceptors (Lipinski definition) is 7. The Morgan fingerprint density at radius 2 is 1.33 bits per heavy atom. The molecular weight excluding hydrogens is 344 g/mol. The molecule has 6 rings (SSSR count). The smallest absolute Gasteiger partial charge is 0.180 e. The van der Waals surface area contributed by atoms with Crippen molar-refractivity contribution in [3.63, 3.8) is 0 Å². The van der Waals surface area contributed by atoms with Crippen LogP contribution in [0.4, 0.5) is 0 Å². The van der Waals surface area contributed by atoms with Crippen LogP contribution < -0.4 is 0 Å². The fourth-order valence-electron chi connectivity index (χ4n) is 2.25. The van der Waals surface area contributed by atoms with E-state index >= 15 is 0 Å². The van der Waals surface area contributed by atoms with Gasteiger partial charge in [0.2, 0.25) is 0 Å². The van der Waals surface area contributed by atoms with Crippen LogP contribution in [0.15, 0.2) is 68.3 Å². The predicted octanol–water partition coefficient (Wildman–Crippen LogP) is 2.27. The minimum atomic E-state index is 0.713. The van der Waals surface area contributed by atoms with E-state index < -0.39 is 0 Å². The summed E-state index contributed by atoms with van der Waals surface area (Å²) in [5, 5.41) is 0. The van der Waals surface area contributed by atoms with E-state index in [9.17, 15) is 0 Å². The first-order valence-corrected chi connectivity index (χ1v) is 7.96. The summed E-state index contributed by atoms with van der Waals surface area (Å²) in [6.45, 7) is 0. The van der Waals surface area contributed by atoms with Gasteiger partial charge in [0.05, 0.1) is 47.9 Å². The van der Waals surface area contributed by atoms with Crippen molar-refractivity contribution in [2.45, 2.75) is 0 Å². The van der Waals surface area contributed by atoms with Crippen LogP contribution in [0, 0.1) is 0 Å². The van der Waals surface area contributed by atoms with Gasteiger partial charge in [-0.1, -0.05) is 0 Å². The highest BCUT2D eigenvalue weighted by atomic mass is 15.0. The SMILES string of the molecule is c1cc2nc[nH]c2cn1.c1cnc2nc[nH]c2c1.c1ncc2[nH]cnc2n1. The Bertz CT molecular complexity index is 1000. The van der Waals surface area contributed by atoms with Crippen LogP contribution in [0.25, 0.3) is 33.4 Å². The molecule has 0 saturated heterocycles. The Hall–Kier alpha value is -4.21. The molecule has 0 aliphatic carbocycles. The summed E-state index contributed by atoms with van der Waals surface area (Å²) in [6, 6.07) is 5.68. The van der Waals surface area contributed by atoms with E-state index in [1.807, 2.05) is 18.2 Å². The summed E-state index contributed by atoms with van der Waals surface area (Å²) < 4.78 is 0. The molecule has 27 heavy (non-hydrogen) atoms. The average Bonchev–Trinajstić information content (AvgIpc) is 3.48. The van der Waals surface area contributed by atoms with E-state index in [4.69, 9.17) is 0 Å². The molecule has 0 atom stereocenters. The first-order chi connectivity index (χ1) is 13.4. The standard InChI is InChI=1S/2C6H5N3.C5H4N4/c1-2-7-3-6-5(1)8-4-9-6;1-2-5-6(7-3-1)9-4-8-5;1-4-5(8-2-6-1)9-3-7-4/h1-4H,(H,8,9);1-4H,(H,7,8,9);1-3H,(H,6,7,8,9). The molecule has 10 heteroatoms. The molecule has 10 nitrogen and oxygen atoms in total. The van der Waals surface area contributed by atoms with E-state index in [1.54, 1.807) is 43.8 Å². The Morgan fingerprint density at radius 3 is 2.15 bits per heavy atom. The third-order valence-electron chi connectivity index (χ3n) is 3.51. The van der Waals surface area contributed by atoms with Gasteiger partial charge < -0.3 is 15.0 Å². The summed E-state index contributed by atoms with van der Waals surface area (Å²) >= 11 is 0. The van der Waals surface area contributed by atoms with Gasteiger partial charge in [0, 0.05) is 12.4 Å². The molecule has 0 aliphatic rings. The number of aromatic amines is 3. The minimum Gasteiger partial charge on any atom is -0.343 e. The van der Waals surface area contributed by atoms with E-state index in [0.717, 1.165) is 27.7 Å². The van der Waals surface area contributed by atoms with Gasteiger partial charge in [-0.05, 0) is 18.2 Å². The lowest BCUT2D eigenvalue weighted by Crippen LogP contribution is -1.76. The Labute approximate surface area is 152 Å². The molecule has 0 aliphatic heterocycles. The Balaban J connectivity index is 0.0000001000. The van der Waals surface area contributed by atoms with Gasteiger partial charge in [-0.3, -0.25) is 4.98 Å². The molecule has 0 amide bonds. The van der Waals surface area contributed by atoms with Crippen LogP contribution in [-0.2, 0) is 0 Å². The topological polar surface area (TPSA) is 138 Å². The van der Waals surface area contributed by atoms with E-state index in [2.05, 4.69) is 49.8 Å². The van der Waals surface area contributed by atoms with Crippen LogP contribution in [-0.4, -0.2) is 49.8 Å². The normalized spacial score (nSPS) is 10.2. The number of pyridine rings is 2. The van der Waals surface area contributed by atoms with Crippen LogP contribution in [0.5, 0.6) is 0 Å². The largest absolute Gasteiger partial charge is 0.343 e. The van der Waals surface area contributed by atoms with Crippen molar-refractivity contribution in [3.8, 4) is 0 Å². The Morgan fingerprint density at radius 1 is 0.593 bits per heavy atom. The van der Waals surface area contributed by atoms with Crippen molar-refractivity contribution < 1.29 is 0 Å². The maximum absolute atomic E-state index is 4.02. The maximum Gasteiger partial charge on any atom is 0.180 e. The maximum atomic E-state index is 4.02. The second-order valence-corrected chi connectivity index (χ2v) is 5.24. The van der Waals surface area contributed by atoms with Gasteiger partial charge in [0.25, 0.3) is 0 Å². The lowest BCUT2D eigenvalue weighted by Gasteiger charge is -1.80. The van der Waals surface area contributed by atoms with Crippen LogP contribution in [0.2, 0.25) is 0 Å². The molecule has 0 aromatic carbocycles. The van der Waals surface area contributed by atoms with Crippen molar-refractivity contribution >= 4 is 33.4 Å². The number of H-pyrrole nitrogens is 3. The van der Waals surface area contributed by atoms with Crippen molar-refractivity contribution in [2.75, 3.05) is 0 Å². The van der Waals surface area contributed by atoms with Crippen LogP contribution in [0.1, 0.15) is 0 Å². The predicted molar refractivity (Wildman–Crippen MR) is 99.5 cm³/mol. The number of fused-ring (bicyclic) bond motifs is 3. The molecule has 0 radical (unpaired) electrons. The van der Waals surface area contributed by atoms with E-state index in [1.165, 1.54) is 6.33 Å². The molecule has 0 bridgehead atoms. The fourth-order valence-corrected chi connectivity index (χ4v) is 2.25. The average molecular weight is 358 g/mol. The van der Waals surface area contributed by atoms with Crippen LogP contribution in [0.3, 0.4) is 0 Å². The van der Waals surface area contributed by atoms with Crippen molar-refractivity contribution in [1.29, 1.82) is 0 Å². The van der Waals surface area contributed by atoms with Crippen molar-refractivity contribution in [2.24, 2.45) is 0 Å². The lowest BCUT2D eigenvalue weighted by atomic mass is 10.4. The third kappa shape index (κ3) is 3.90. The number of hydrogen-bond donors (Lipinski definition) is 3. The first-order valence-electron chi connectivity index (χ1n) is 7.96. The molecule has 6 aromatic heterocycles. The molecular formula is C17H14N10. The first kappa shape index (κ1) is 16.3. The highest BCUT2D eigenvalue weighted by Crippen LogP contribution is 2.03. The quantitative estimate of drug-likeness (QED) is 0.378. The molecule has 0 unspecified atom stereocenters. The van der Waals surface area contributed by atoms with Gasteiger partial charge in [0.1, 0.15) is 11.8 Å². The molecule has 6 aromatic rings. The van der Waals surface area contributed by atoms with Crippen molar-refractivity contribution in [3.05, 3.63) is 68.3 Å². The molecule has 0 spiro atoms. The van der Waals surface area contributed by atoms with Gasteiger partial charge in [0.15, 0.2) is 11.3 Å². The van der Waals surface area contributed by atoms with Gasteiger partial charge in [-0.15, -0.1) is 0 Å². The van der Waals surface area contributed by atoms with Crippen LogP contribution >= 0.6 is 0 Å². The number of nitrogens with zero attached hydrogens (tertiary/aromatic N) is 7. The van der Waals surface area contributed by atoms with Crippen molar-refractivity contribution in [1.82, 2.24) is 49.8 Å². The molecule has 6 heterocycles. The van der Waals surface area contributed by atoms with Gasteiger partial charge >= 0.3 is 0 Å². The minimum absolute atomic E-state index is 0.713. The van der Waals surface area contributed by atoms with Gasteiger partial charge in [-0.2, -0.15) is 0 Å². The zero-order valence-electron chi connectivity index (χ0n) is 14.0. The summed E-state index contributed by atoms with van der Waals surface area (Å²) in [7, 11) is 0. The summed E-state index contributed by atoms with van der Waals surface area (Å²) in [5.74, 6) is 0. The molecule has 3 N–H and O–H groups in total. The lowest BCUT2D eigenvalue weighted by molar-refractivity contribution is 1.20. The monoisotopic (exact) mass is 358 g/mol. The molecule has 132 valence electrons. The fraction of sp³-hybridized carbons (Fsp3) is 0. The zero-order valence-corrected chi connectivity index (χ0v) is 14.0. The summed E-state index contributed by atoms with van der Waals surface area (Å²) in [5.41, 5.74) is 5.29. The molecule has 0 saturated carbocycles. The van der Waals surface area contributed by atoms with E-state index in [-0.39, 0.29) is 0 Å². The second kappa shape index (κ2) is 7.78.